The van der Waals surface area contributed by atoms with Crippen molar-refractivity contribution in [2.24, 2.45) is 16.7 Å². The number of carbonyl (C=O) groups excluding carboxylic acids is 2. The predicted molar refractivity (Wildman–Crippen MR) is 85.9 cm³/mol. The Morgan fingerprint density at radius 1 is 1.18 bits per heavy atom. The lowest BCUT2D eigenvalue weighted by Crippen LogP contribution is -2.59. The fourth-order valence-corrected chi connectivity index (χ4v) is 5.59. The van der Waals surface area contributed by atoms with Gasteiger partial charge in [-0.05, 0) is 43.9 Å². The van der Waals surface area contributed by atoms with Crippen molar-refractivity contribution in [2.45, 2.75) is 59.3 Å². The summed E-state index contributed by atoms with van der Waals surface area (Å²) in [6.45, 7) is 6.18. The number of carbonyl (C=O) groups is 2. The molecule has 0 N–H and O–H groups in total. The van der Waals surface area contributed by atoms with E-state index in [1.807, 2.05) is 6.92 Å². The fourth-order valence-electron chi connectivity index (χ4n) is 4.43. The number of aromatic nitrogens is 1. The number of hydrogen-bond donors (Lipinski definition) is 0. The third kappa shape index (κ3) is 1.60. The van der Waals surface area contributed by atoms with E-state index in [-0.39, 0.29) is 23.1 Å². The fraction of sp³-hybridized carbons (Fsp3) is 0.706. The van der Waals surface area contributed by atoms with Gasteiger partial charge in [0, 0.05) is 10.8 Å². The molecule has 2 bridgehead atoms. The number of hydrogen-bond acceptors (Lipinski definition) is 4. The minimum Gasteiger partial charge on any atom is -0.274 e. The van der Waals surface area contributed by atoms with Crippen molar-refractivity contribution in [1.82, 2.24) is 4.98 Å². The number of imide groups is 1. The number of rotatable bonds is 1. The molecule has 2 atom stereocenters. The van der Waals surface area contributed by atoms with Crippen molar-refractivity contribution in [3.05, 3.63) is 10.6 Å². The minimum atomic E-state index is -0.447. The smallest absolute Gasteiger partial charge is 0.242 e. The van der Waals surface area contributed by atoms with Crippen LogP contribution >= 0.6 is 11.3 Å². The van der Waals surface area contributed by atoms with Crippen molar-refractivity contribution >= 4 is 28.3 Å². The Hall–Kier alpha value is -1.23. The molecular weight excluding hydrogens is 296 g/mol. The van der Waals surface area contributed by atoms with Crippen LogP contribution in [-0.4, -0.2) is 16.8 Å². The molecule has 2 aliphatic carbocycles. The Morgan fingerprint density at radius 3 is 2.64 bits per heavy atom. The quantitative estimate of drug-likeness (QED) is 0.746. The third-order valence-electron chi connectivity index (χ3n) is 6.45. The molecule has 1 aromatic rings. The highest BCUT2D eigenvalue weighted by molar-refractivity contribution is 7.16. The van der Waals surface area contributed by atoms with E-state index in [0.29, 0.717) is 5.13 Å². The van der Waals surface area contributed by atoms with Crippen LogP contribution in [0.2, 0.25) is 0 Å². The average molecular weight is 318 g/mol. The molecule has 1 aliphatic heterocycles. The Labute approximate surface area is 134 Å². The Bertz CT molecular complexity index is 655. The number of aryl methyl sites for hydroxylation is 2. The molecule has 0 aromatic carbocycles. The first kappa shape index (κ1) is 14.4. The molecule has 4 rings (SSSR count). The summed E-state index contributed by atoms with van der Waals surface area (Å²) in [5.41, 5.74) is 0.404. The zero-order chi connectivity index (χ0) is 15.7. The first-order chi connectivity index (χ1) is 10.4. The standard InChI is InChI=1S/C17H22N2O2S/c1-16(2)10-8-9-17(16,3)14(21)19(13(10)20)15-18-11-6-4-5-7-12(11)22-15/h10H,4-9H2,1-3H3. The summed E-state index contributed by atoms with van der Waals surface area (Å²) in [7, 11) is 0. The van der Waals surface area contributed by atoms with Crippen LogP contribution in [-0.2, 0) is 22.4 Å². The van der Waals surface area contributed by atoms with Gasteiger partial charge in [0.1, 0.15) is 0 Å². The van der Waals surface area contributed by atoms with Gasteiger partial charge in [-0.25, -0.2) is 9.88 Å². The highest BCUT2D eigenvalue weighted by Crippen LogP contribution is 2.60. The first-order valence-corrected chi connectivity index (χ1v) is 9.05. The molecule has 2 heterocycles. The van der Waals surface area contributed by atoms with Gasteiger partial charge >= 0.3 is 0 Å². The van der Waals surface area contributed by atoms with Gasteiger partial charge in [-0.15, -0.1) is 11.3 Å². The van der Waals surface area contributed by atoms with E-state index < -0.39 is 5.41 Å². The van der Waals surface area contributed by atoms with Crippen LogP contribution in [0.4, 0.5) is 5.13 Å². The lowest BCUT2D eigenvalue weighted by Gasteiger charge is -2.46. The number of piperidine rings is 1. The van der Waals surface area contributed by atoms with E-state index in [4.69, 9.17) is 0 Å². The maximum atomic E-state index is 13.1. The van der Waals surface area contributed by atoms with Crippen LogP contribution in [0.25, 0.3) is 0 Å². The SMILES string of the molecule is CC12CCC(C(=O)N(c3nc4c(s3)CCCC4)C1=O)C2(C)C. The molecule has 0 radical (unpaired) electrons. The molecule has 1 aromatic heterocycles. The summed E-state index contributed by atoms with van der Waals surface area (Å²) in [6, 6.07) is 0. The molecule has 2 unspecified atom stereocenters. The number of nitrogens with zero attached hydrogens (tertiary/aromatic N) is 2. The average Bonchev–Trinajstić information content (AvgIpc) is 2.95. The molecule has 5 heteroatoms. The van der Waals surface area contributed by atoms with Crippen LogP contribution < -0.4 is 4.90 Å². The zero-order valence-corrected chi connectivity index (χ0v) is 14.3. The van der Waals surface area contributed by atoms with E-state index in [1.54, 1.807) is 11.3 Å². The van der Waals surface area contributed by atoms with Gasteiger partial charge in [0.05, 0.1) is 11.1 Å². The molecule has 1 saturated carbocycles. The Morgan fingerprint density at radius 2 is 1.91 bits per heavy atom. The van der Waals surface area contributed by atoms with Gasteiger partial charge in [0.2, 0.25) is 11.8 Å². The van der Waals surface area contributed by atoms with E-state index in [0.717, 1.165) is 37.8 Å². The van der Waals surface area contributed by atoms with Crippen LogP contribution in [0.15, 0.2) is 0 Å². The van der Waals surface area contributed by atoms with Crippen molar-refractivity contribution in [3.63, 3.8) is 0 Å². The number of fused-ring (bicyclic) bond motifs is 3. The molecule has 0 spiro atoms. The molecule has 2 amide bonds. The van der Waals surface area contributed by atoms with Crippen molar-refractivity contribution in [1.29, 1.82) is 0 Å². The summed E-state index contributed by atoms with van der Waals surface area (Å²) in [5.74, 6) is -0.130. The second-order valence-corrected chi connectivity index (χ2v) is 8.76. The Kier molecular flexibility index (Phi) is 2.88. The molecule has 4 nitrogen and oxygen atoms in total. The molecule has 22 heavy (non-hydrogen) atoms. The van der Waals surface area contributed by atoms with Gasteiger partial charge in [-0.1, -0.05) is 20.8 Å². The van der Waals surface area contributed by atoms with Gasteiger partial charge in [0.25, 0.3) is 0 Å². The van der Waals surface area contributed by atoms with Gasteiger partial charge in [-0.2, -0.15) is 0 Å². The van der Waals surface area contributed by atoms with E-state index >= 15 is 0 Å². The minimum absolute atomic E-state index is 0.0314. The normalized spacial score (nSPS) is 33.2. The van der Waals surface area contributed by atoms with Crippen LogP contribution in [0.3, 0.4) is 0 Å². The second-order valence-electron chi connectivity index (χ2n) is 7.70. The van der Waals surface area contributed by atoms with Crippen molar-refractivity contribution in [2.75, 3.05) is 4.90 Å². The molecule has 3 aliphatic rings. The molecule has 2 fully saturated rings. The second kappa shape index (κ2) is 4.40. The third-order valence-corrected chi connectivity index (χ3v) is 7.59. The molecule has 1 saturated heterocycles. The largest absolute Gasteiger partial charge is 0.274 e. The lowest BCUT2D eigenvalue weighted by molar-refractivity contribution is -0.146. The number of thiazole rings is 1. The molecular formula is C17H22N2O2S. The van der Waals surface area contributed by atoms with Crippen LogP contribution in [0.5, 0.6) is 0 Å². The number of anilines is 1. The molecule has 118 valence electrons. The summed E-state index contributed by atoms with van der Waals surface area (Å²) in [6.07, 6.45) is 5.98. The van der Waals surface area contributed by atoms with E-state index in [2.05, 4.69) is 18.8 Å². The first-order valence-electron chi connectivity index (χ1n) is 8.23. The maximum Gasteiger partial charge on any atom is 0.242 e. The van der Waals surface area contributed by atoms with Crippen molar-refractivity contribution < 1.29 is 9.59 Å². The van der Waals surface area contributed by atoms with Crippen LogP contribution in [0.1, 0.15) is 57.0 Å². The predicted octanol–water partition coefficient (Wildman–Crippen LogP) is 3.34. The zero-order valence-electron chi connectivity index (χ0n) is 13.4. The monoisotopic (exact) mass is 318 g/mol. The van der Waals surface area contributed by atoms with E-state index in [1.165, 1.54) is 16.2 Å². The van der Waals surface area contributed by atoms with Gasteiger partial charge in [-0.3, -0.25) is 9.59 Å². The highest BCUT2D eigenvalue weighted by Gasteiger charge is 2.65. The maximum absolute atomic E-state index is 13.1. The summed E-state index contributed by atoms with van der Waals surface area (Å²) < 4.78 is 0. The van der Waals surface area contributed by atoms with Gasteiger partial charge in [0.15, 0.2) is 5.13 Å². The van der Waals surface area contributed by atoms with Crippen molar-refractivity contribution in [3.8, 4) is 0 Å². The highest BCUT2D eigenvalue weighted by atomic mass is 32.1. The lowest BCUT2D eigenvalue weighted by atomic mass is 9.62. The Balaban J connectivity index is 1.78. The topological polar surface area (TPSA) is 50.3 Å². The summed E-state index contributed by atoms with van der Waals surface area (Å²) in [5, 5.41) is 0.621. The van der Waals surface area contributed by atoms with E-state index in [9.17, 15) is 9.59 Å². The summed E-state index contributed by atoms with van der Waals surface area (Å²) >= 11 is 1.55. The van der Waals surface area contributed by atoms with Gasteiger partial charge < -0.3 is 0 Å². The van der Waals surface area contributed by atoms with Crippen LogP contribution in [0, 0.1) is 16.7 Å². The summed E-state index contributed by atoms with van der Waals surface area (Å²) in [4.78, 5) is 33.4. The number of amides is 2.